The predicted molar refractivity (Wildman–Crippen MR) is 56.7 cm³/mol. The van der Waals surface area contributed by atoms with E-state index in [0.717, 1.165) is 6.07 Å². The molecule has 0 aliphatic heterocycles. The van der Waals surface area contributed by atoms with E-state index in [9.17, 15) is 19.3 Å². The fourth-order valence-electron chi connectivity index (χ4n) is 1.07. The number of nitro benzene ring substituents is 1. The summed E-state index contributed by atoms with van der Waals surface area (Å²) in [7, 11) is 0. The molecule has 0 heterocycles. The van der Waals surface area contributed by atoms with E-state index in [1.807, 2.05) is 0 Å². The molecule has 16 heavy (non-hydrogen) atoms. The molecule has 0 radical (unpaired) electrons. The molecule has 0 spiro atoms. The zero-order chi connectivity index (χ0) is 12.3. The number of carbonyl (C=O) groups is 1. The zero-order valence-electron chi connectivity index (χ0n) is 8.20. The van der Waals surface area contributed by atoms with Gasteiger partial charge in [-0.15, -0.1) is 0 Å². The quantitative estimate of drug-likeness (QED) is 0.488. The van der Waals surface area contributed by atoms with Crippen molar-refractivity contribution >= 4 is 27.6 Å². The number of nitrogens with zero attached hydrogens (tertiary/aromatic N) is 1. The Labute approximate surface area is 98.5 Å². The normalized spacial score (nSPS) is 9.94. The van der Waals surface area contributed by atoms with Crippen LogP contribution in [-0.2, 0) is 4.74 Å². The number of rotatable bonds is 3. The van der Waals surface area contributed by atoms with Crippen molar-refractivity contribution in [1.29, 1.82) is 0 Å². The minimum Gasteiger partial charge on any atom is -0.462 e. The minimum absolute atomic E-state index is 0.0629. The highest BCUT2D eigenvalue weighted by molar-refractivity contribution is 9.10. The van der Waals surface area contributed by atoms with Gasteiger partial charge in [-0.25, -0.2) is 4.79 Å². The Morgan fingerprint density at radius 1 is 1.62 bits per heavy atom. The summed E-state index contributed by atoms with van der Waals surface area (Å²) in [6, 6.07) is 2.20. The van der Waals surface area contributed by atoms with Gasteiger partial charge in [0.05, 0.1) is 11.5 Å². The first-order valence-electron chi connectivity index (χ1n) is 4.28. The maximum Gasteiger partial charge on any atom is 0.342 e. The highest BCUT2D eigenvalue weighted by Crippen LogP contribution is 2.27. The second kappa shape index (κ2) is 5.02. The summed E-state index contributed by atoms with van der Waals surface area (Å²) < 4.78 is 18.3. The number of halogens is 2. The lowest BCUT2D eigenvalue weighted by Crippen LogP contribution is -2.09. The van der Waals surface area contributed by atoms with Gasteiger partial charge in [-0.1, -0.05) is 0 Å². The first-order chi connectivity index (χ1) is 7.49. The highest BCUT2D eigenvalue weighted by atomic mass is 79.9. The largest absolute Gasteiger partial charge is 0.462 e. The van der Waals surface area contributed by atoms with Crippen LogP contribution >= 0.6 is 15.9 Å². The van der Waals surface area contributed by atoms with E-state index in [0.29, 0.717) is 0 Å². The molecule has 0 N–H and O–H groups in total. The number of hydrogen-bond donors (Lipinski definition) is 0. The molecule has 0 aliphatic carbocycles. The third-order valence-electron chi connectivity index (χ3n) is 1.75. The van der Waals surface area contributed by atoms with E-state index < -0.39 is 28.0 Å². The molecule has 0 saturated carbocycles. The number of nitro groups is 1. The van der Waals surface area contributed by atoms with Gasteiger partial charge in [-0.3, -0.25) is 10.1 Å². The molecule has 0 aliphatic rings. The third kappa shape index (κ3) is 2.35. The van der Waals surface area contributed by atoms with Crippen molar-refractivity contribution in [1.82, 2.24) is 0 Å². The van der Waals surface area contributed by atoms with Crippen LogP contribution in [0.25, 0.3) is 0 Å². The van der Waals surface area contributed by atoms with Crippen molar-refractivity contribution in [2.45, 2.75) is 6.92 Å². The van der Waals surface area contributed by atoms with E-state index in [-0.39, 0.29) is 11.1 Å². The van der Waals surface area contributed by atoms with E-state index in [1.165, 1.54) is 6.07 Å². The van der Waals surface area contributed by atoms with Crippen molar-refractivity contribution in [2.24, 2.45) is 0 Å². The lowest BCUT2D eigenvalue weighted by Gasteiger charge is -2.05. The third-order valence-corrected chi connectivity index (χ3v) is 2.41. The number of esters is 1. The fraction of sp³-hybridized carbons (Fsp3) is 0.222. The van der Waals surface area contributed by atoms with Gasteiger partial charge < -0.3 is 4.74 Å². The maximum absolute atomic E-state index is 13.6. The van der Waals surface area contributed by atoms with E-state index in [2.05, 4.69) is 20.7 Å². The molecule has 0 unspecified atom stereocenters. The molecule has 0 aromatic heterocycles. The van der Waals surface area contributed by atoms with Gasteiger partial charge in [0.1, 0.15) is 5.56 Å². The van der Waals surface area contributed by atoms with Crippen LogP contribution in [0.5, 0.6) is 0 Å². The van der Waals surface area contributed by atoms with Gasteiger partial charge in [-0.2, -0.15) is 4.39 Å². The van der Waals surface area contributed by atoms with Crippen LogP contribution in [0.2, 0.25) is 0 Å². The van der Waals surface area contributed by atoms with E-state index in [4.69, 9.17) is 0 Å². The molecule has 5 nitrogen and oxygen atoms in total. The van der Waals surface area contributed by atoms with Crippen molar-refractivity contribution in [3.63, 3.8) is 0 Å². The van der Waals surface area contributed by atoms with Crippen molar-refractivity contribution in [3.05, 3.63) is 38.1 Å². The van der Waals surface area contributed by atoms with Crippen LogP contribution in [0.1, 0.15) is 17.3 Å². The average molecular weight is 292 g/mol. The second-order valence-electron chi connectivity index (χ2n) is 2.73. The average Bonchev–Trinajstić information content (AvgIpc) is 2.17. The molecule has 0 bridgehead atoms. The number of ether oxygens (including phenoxy) is 1. The van der Waals surface area contributed by atoms with Crippen LogP contribution in [0.3, 0.4) is 0 Å². The Bertz CT molecular complexity index is 449. The first-order valence-corrected chi connectivity index (χ1v) is 5.07. The molecule has 7 heteroatoms. The fourth-order valence-corrected chi connectivity index (χ4v) is 1.54. The summed E-state index contributed by atoms with van der Waals surface area (Å²) >= 11 is 2.94. The summed E-state index contributed by atoms with van der Waals surface area (Å²) in [5, 5.41) is 10.5. The minimum atomic E-state index is -1.20. The molecule has 0 saturated heterocycles. The van der Waals surface area contributed by atoms with E-state index >= 15 is 0 Å². The number of benzene rings is 1. The molecule has 0 fully saturated rings. The number of hydrogen-bond acceptors (Lipinski definition) is 4. The Morgan fingerprint density at radius 2 is 2.25 bits per heavy atom. The van der Waals surface area contributed by atoms with Crippen molar-refractivity contribution in [3.8, 4) is 0 Å². The number of carbonyl (C=O) groups excluding carboxylic acids is 1. The lowest BCUT2D eigenvalue weighted by molar-refractivity contribution is -0.387. The first kappa shape index (κ1) is 12.6. The van der Waals surface area contributed by atoms with Gasteiger partial charge in [0.15, 0.2) is 0 Å². The Morgan fingerprint density at radius 3 is 2.75 bits per heavy atom. The van der Waals surface area contributed by atoms with Crippen LogP contribution < -0.4 is 0 Å². The molecular formula is C9H7BrFNO4. The lowest BCUT2D eigenvalue weighted by atomic mass is 10.2. The van der Waals surface area contributed by atoms with Gasteiger partial charge >= 0.3 is 11.7 Å². The molecule has 1 aromatic carbocycles. The summed E-state index contributed by atoms with van der Waals surface area (Å²) in [6.45, 7) is 1.62. The van der Waals surface area contributed by atoms with Gasteiger partial charge in [0.2, 0.25) is 5.82 Å². The molecule has 0 amide bonds. The predicted octanol–water partition coefficient (Wildman–Crippen LogP) is 2.67. The van der Waals surface area contributed by atoms with Gasteiger partial charge in [0, 0.05) is 10.5 Å². The zero-order valence-corrected chi connectivity index (χ0v) is 9.78. The van der Waals surface area contributed by atoms with Gasteiger partial charge in [0.25, 0.3) is 0 Å². The molecule has 86 valence electrons. The smallest absolute Gasteiger partial charge is 0.342 e. The molecular weight excluding hydrogens is 285 g/mol. The van der Waals surface area contributed by atoms with Crippen LogP contribution in [-0.4, -0.2) is 17.5 Å². The summed E-state index contributed by atoms with van der Waals surface area (Å²) in [4.78, 5) is 20.9. The van der Waals surface area contributed by atoms with Crippen LogP contribution in [0.15, 0.2) is 16.6 Å². The van der Waals surface area contributed by atoms with Crippen molar-refractivity contribution < 1.29 is 18.8 Å². The van der Waals surface area contributed by atoms with Crippen molar-refractivity contribution in [2.75, 3.05) is 6.61 Å². The molecule has 1 aromatic rings. The Balaban J connectivity index is 3.31. The standard InChI is InChI=1S/C9H7BrFNO4/c1-2-16-9(13)7-5(10)3-4-6(8(7)11)12(14)15/h3-4H,2H2,1H3. The van der Waals surface area contributed by atoms with Crippen LogP contribution in [0.4, 0.5) is 10.1 Å². The maximum atomic E-state index is 13.6. The molecule has 1 rings (SSSR count). The summed E-state index contributed by atoms with van der Waals surface area (Å²) in [5.74, 6) is -2.13. The summed E-state index contributed by atoms with van der Waals surface area (Å²) in [6.07, 6.45) is 0. The summed E-state index contributed by atoms with van der Waals surface area (Å²) in [5.41, 5.74) is -1.22. The monoisotopic (exact) mass is 291 g/mol. The topological polar surface area (TPSA) is 69.4 Å². The Hall–Kier alpha value is -1.50. The second-order valence-corrected chi connectivity index (χ2v) is 3.59. The van der Waals surface area contributed by atoms with Gasteiger partial charge in [-0.05, 0) is 28.9 Å². The Kier molecular flexibility index (Phi) is 3.94. The highest BCUT2D eigenvalue weighted by Gasteiger charge is 2.25. The molecule has 0 atom stereocenters. The van der Waals surface area contributed by atoms with E-state index in [1.54, 1.807) is 6.92 Å². The SMILES string of the molecule is CCOC(=O)c1c(Br)ccc([N+](=O)[O-])c1F. The van der Waals surface area contributed by atoms with Crippen LogP contribution in [0, 0.1) is 15.9 Å².